The van der Waals surface area contributed by atoms with Crippen LogP contribution in [-0.2, 0) is 22.5 Å². The van der Waals surface area contributed by atoms with E-state index in [2.05, 4.69) is 17.1 Å². The van der Waals surface area contributed by atoms with Gasteiger partial charge in [0.05, 0.1) is 17.7 Å². The van der Waals surface area contributed by atoms with Crippen LogP contribution >= 0.6 is 0 Å². The summed E-state index contributed by atoms with van der Waals surface area (Å²) in [6, 6.07) is 16.0. The van der Waals surface area contributed by atoms with E-state index < -0.39 is 12.0 Å². The Kier molecular flexibility index (Phi) is 6.28. The molecular formula is C25H27N3O3. The first-order chi connectivity index (χ1) is 15.1. The zero-order valence-electron chi connectivity index (χ0n) is 17.9. The summed E-state index contributed by atoms with van der Waals surface area (Å²) in [6.45, 7) is 6.62. The van der Waals surface area contributed by atoms with Crippen molar-refractivity contribution in [2.45, 2.75) is 32.9 Å². The number of benzene rings is 2. The van der Waals surface area contributed by atoms with Crippen molar-refractivity contribution < 1.29 is 14.3 Å². The second kappa shape index (κ2) is 9.27. The van der Waals surface area contributed by atoms with Crippen molar-refractivity contribution in [3.05, 3.63) is 77.0 Å². The fourth-order valence-electron chi connectivity index (χ4n) is 4.13. The van der Waals surface area contributed by atoms with E-state index in [1.165, 1.54) is 0 Å². The third kappa shape index (κ3) is 4.30. The highest BCUT2D eigenvalue weighted by atomic mass is 16.5. The first-order valence-electron chi connectivity index (χ1n) is 10.8. The van der Waals surface area contributed by atoms with Crippen LogP contribution in [-0.4, -0.2) is 41.5 Å². The van der Waals surface area contributed by atoms with Crippen molar-refractivity contribution in [1.82, 2.24) is 15.2 Å². The molecule has 2 aromatic carbocycles. The largest absolute Gasteiger partial charge is 0.464 e. The second-order valence-electron chi connectivity index (χ2n) is 7.62. The van der Waals surface area contributed by atoms with Gasteiger partial charge in [-0.2, -0.15) is 0 Å². The van der Waals surface area contributed by atoms with Crippen molar-refractivity contribution in [1.29, 1.82) is 0 Å². The Morgan fingerprint density at radius 3 is 2.58 bits per heavy atom. The molecule has 0 saturated heterocycles. The van der Waals surface area contributed by atoms with E-state index >= 15 is 0 Å². The van der Waals surface area contributed by atoms with Crippen molar-refractivity contribution in [2.75, 3.05) is 19.7 Å². The Bertz CT molecular complexity index is 1100. The zero-order valence-corrected chi connectivity index (χ0v) is 17.9. The van der Waals surface area contributed by atoms with Crippen LogP contribution in [0.4, 0.5) is 0 Å². The predicted octanol–water partition coefficient (Wildman–Crippen LogP) is 3.65. The first-order valence-corrected chi connectivity index (χ1v) is 10.8. The van der Waals surface area contributed by atoms with Crippen LogP contribution in [0.2, 0.25) is 0 Å². The van der Waals surface area contributed by atoms with Crippen molar-refractivity contribution in [3.8, 4) is 0 Å². The fourth-order valence-corrected chi connectivity index (χ4v) is 4.13. The Labute approximate surface area is 182 Å². The number of hydrogen-bond donors (Lipinski definition) is 1. The molecule has 1 atom stereocenters. The van der Waals surface area contributed by atoms with Crippen LogP contribution in [0.3, 0.4) is 0 Å². The fraction of sp³-hybridized carbons (Fsp3) is 0.320. The standard InChI is InChI=1S/C25H27N3O3/c1-3-28-15-14-21-19(16-28)22(18-12-8-9-13-20(18)26-21)24(29)27-23(25(30)31-4-2)17-10-6-5-7-11-17/h5-13,23H,3-4,14-16H2,1-2H3,(H,27,29). The molecule has 6 heteroatoms. The van der Waals surface area contributed by atoms with Gasteiger partial charge in [0.25, 0.3) is 5.91 Å². The summed E-state index contributed by atoms with van der Waals surface area (Å²) in [6.07, 6.45) is 0.800. The number of ether oxygens (including phenoxy) is 1. The highest BCUT2D eigenvalue weighted by Gasteiger charge is 2.29. The van der Waals surface area contributed by atoms with Gasteiger partial charge in [0.1, 0.15) is 0 Å². The Balaban J connectivity index is 1.78. The molecule has 0 bridgehead atoms. The molecule has 2 heterocycles. The highest BCUT2D eigenvalue weighted by molar-refractivity contribution is 6.08. The third-order valence-electron chi connectivity index (χ3n) is 5.73. The van der Waals surface area contributed by atoms with Gasteiger partial charge in [-0.1, -0.05) is 55.5 Å². The molecule has 1 aliphatic rings. The normalized spacial score (nSPS) is 14.6. The third-order valence-corrected chi connectivity index (χ3v) is 5.73. The number of carbonyl (C=O) groups excluding carboxylic acids is 2. The Hall–Kier alpha value is -3.25. The summed E-state index contributed by atoms with van der Waals surface area (Å²) in [7, 11) is 0. The predicted molar refractivity (Wildman–Crippen MR) is 120 cm³/mol. The molecule has 31 heavy (non-hydrogen) atoms. The number of para-hydroxylation sites is 1. The average molecular weight is 418 g/mol. The summed E-state index contributed by atoms with van der Waals surface area (Å²) in [5, 5.41) is 3.75. The molecular weight excluding hydrogens is 390 g/mol. The van der Waals surface area contributed by atoms with Crippen LogP contribution < -0.4 is 5.32 Å². The minimum absolute atomic E-state index is 0.247. The van der Waals surface area contributed by atoms with Crippen molar-refractivity contribution in [3.63, 3.8) is 0 Å². The molecule has 0 fully saturated rings. The summed E-state index contributed by atoms with van der Waals surface area (Å²) >= 11 is 0. The monoisotopic (exact) mass is 417 g/mol. The maximum absolute atomic E-state index is 13.7. The number of nitrogens with zero attached hydrogens (tertiary/aromatic N) is 2. The molecule has 0 spiro atoms. The lowest BCUT2D eigenvalue weighted by atomic mass is 9.94. The zero-order chi connectivity index (χ0) is 21.8. The molecule has 0 saturated carbocycles. The van der Waals surface area contributed by atoms with E-state index in [9.17, 15) is 9.59 Å². The van der Waals surface area contributed by atoms with E-state index in [1.807, 2.05) is 54.6 Å². The lowest BCUT2D eigenvalue weighted by Gasteiger charge is -2.29. The van der Waals surface area contributed by atoms with Gasteiger partial charge < -0.3 is 10.1 Å². The number of aromatic nitrogens is 1. The van der Waals surface area contributed by atoms with Gasteiger partial charge in [0, 0.05) is 36.2 Å². The molecule has 0 radical (unpaired) electrons. The second-order valence-corrected chi connectivity index (χ2v) is 7.62. The number of esters is 1. The van der Waals surface area contributed by atoms with E-state index in [0.29, 0.717) is 17.7 Å². The molecule has 3 aromatic rings. The number of hydrogen-bond acceptors (Lipinski definition) is 5. The Morgan fingerprint density at radius 1 is 1.10 bits per heavy atom. The topological polar surface area (TPSA) is 71.5 Å². The molecule has 160 valence electrons. The summed E-state index contributed by atoms with van der Waals surface area (Å²) in [5.41, 5.74) is 3.99. The lowest BCUT2D eigenvalue weighted by Crippen LogP contribution is -2.37. The first kappa shape index (κ1) is 21.0. The highest BCUT2D eigenvalue weighted by Crippen LogP contribution is 2.29. The van der Waals surface area contributed by atoms with Crippen LogP contribution in [0.15, 0.2) is 54.6 Å². The van der Waals surface area contributed by atoms with Gasteiger partial charge in [-0.25, -0.2) is 4.79 Å². The smallest absolute Gasteiger partial charge is 0.333 e. The van der Waals surface area contributed by atoms with Gasteiger partial charge in [0.2, 0.25) is 0 Å². The van der Waals surface area contributed by atoms with Gasteiger partial charge >= 0.3 is 5.97 Å². The minimum atomic E-state index is -0.873. The van der Waals surface area contributed by atoms with Crippen LogP contribution in [0.5, 0.6) is 0 Å². The number of amides is 1. The number of fused-ring (bicyclic) bond motifs is 2. The minimum Gasteiger partial charge on any atom is -0.464 e. The van der Waals surface area contributed by atoms with E-state index in [1.54, 1.807) is 6.92 Å². The Morgan fingerprint density at radius 2 is 1.84 bits per heavy atom. The molecule has 1 amide bonds. The number of rotatable bonds is 6. The number of nitrogens with one attached hydrogen (secondary N) is 1. The molecule has 1 N–H and O–H groups in total. The SMILES string of the molecule is CCOC(=O)C(NC(=O)c1c2c(nc3ccccc13)CCN(CC)C2)c1ccccc1. The molecule has 1 unspecified atom stereocenters. The molecule has 4 rings (SSSR count). The van der Waals surface area contributed by atoms with E-state index in [0.717, 1.165) is 41.7 Å². The van der Waals surface area contributed by atoms with Gasteiger partial charge in [-0.05, 0) is 25.1 Å². The van der Waals surface area contributed by atoms with Crippen LogP contribution in [0, 0.1) is 0 Å². The molecule has 1 aromatic heterocycles. The number of carbonyl (C=O) groups is 2. The van der Waals surface area contributed by atoms with E-state index in [4.69, 9.17) is 9.72 Å². The van der Waals surface area contributed by atoms with Gasteiger partial charge in [-0.15, -0.1) is 0 Å². The quantitative estimate of drug-likeness (QED) is 0.620. The lowest BCUT2D eigenvalue weighted by molar-refractivity contribution is -0.145. The molecule has 6 nitrogen and oxygen atoms in total. The van der Waals surface area contributed by atoms with Gasteiger partial charge in [-0.3, -0.25) is 14.7 Å². The van der Waals surface area contributed by atoms with Gasteiger partial charge in [0.15, 0.2) is 6.04 Å². The summed E-state index contributed by atoms with van der Waals surface area (Å²) < 4.78 is 5.26. The maximum Gasteiger partial charge on any atom is 0.333 e. The molecule has 1 aliphatic heterocycles. The maximum atomic E-state index is 13.7. The number of pyridine rings is 1. The molecule has 0 aliphatic carbocycles. The van der Waals surface area contributed by atoms with Crippen LogP contribution in [0.1, 0.15) is 47.1 Å². The van der Waals surface area contributed by atoms with Crippen LogP contribution in [0.25, 0.3) is 10.9 Å². The van der Waals surface area contributed by atoms with Crippen molar-refractivity contribution >= 4 is 22.8 Å². The van der Waals surface area contributed by atoms with Crippen molar-refractivity contribution in [2.24, 2.45) is 0 Å². The number of likely N-dealkylation sites (N-methyl/N-ethyl adjacent to an activating group) is 1. The summed E-state index contributed by atoms with van der Waals surface area (Å²) in [5.74, 6) is -0.751. The van der Waals surface area contributed by atoms with E-state index in [-0.39, 0.29) is 12.5 Å². The summed E-state index contributed by atoms with van der Waals surface area (Å²) in [4.78, 5) is 33.5. The average Bonchev–Trinajstić information content (AvgIpc) is 2.81.